The van der Waals surface area contributed by atoms with Gasteiger partial charge in [-0.05, 0) is 42.2 Å². The van der Waals surface area contributed by atoms with E-state index in [4.69, 9.17) is 5.11 Å². The number of carbonyl (C=O) groups is 1. The van der Waals surface area contributed by atoms with E-state index in [2.05, 4.69) is 15.9 Å². The predicted octanol–water partition coefficient (Wildman–Crippen LogP) is 4.19. The average Bonchev–Trinajstić information content (AvgIpc) is 2.46. The Labute approximate surface area is 132 Å². The zero-order chi connectivity index (χ0) is 15.5. The van der Waals surface area contributed by atoms with E-state index in [-0.39, 0.29) is 12.8 Å². The summed E-state index contributed by atoms with van der Waals surface area (Å²) in [7, 11) is 0. The third-order valence-electron chi connectivity index (χ3n) is 3.51. The lowest BCUT2D eigenvalue weighted by molar-refractivity contribution is -0.138. The largest absolute Gasteiger partial charge is 0.481 e. The highest BCUT2D eigenvalue weighted by molar-refractivity contribution is 9.10. The van der Waals surface area contributed by atoms with Crippen molar-refractivity contribution in [1.82, 2.24) is 0 Å². The Kier molecular flexibility index (Phi) is 4.80. The molecule has 2 aromatic rings. The third kappa shape index (κ3) is 4.16. The average molecular weight is 349 g/mol. The maximum absolute atomic E-state index is 10.6. The van der Waals surface area contributed by atoms with E-state index in [1.807, 2.05) is 48.5 Å². The number of carboxylic acids is 1. The number of aliphatic carboxylic acids is 1. The Balaban J connectivity index is 2.18. The van der Waals surface area contributed by atoms with Gasteiger partial charge in [0.2, 0.25) is 0 Å². The number of aliphatic hydroxyl groups is 1. The second-order valence-corrected chi connectivity index (χ2v) is 6.17. The molecule has 0 saturated carbocycles. The smallest absolute Gasteiger partial charge is 0.303 e. The molecule has 0 aliphatic carbocycles. The standard InChI is InChI=1S/C17H17BrO3/c1-17(21,11-10-16(19)20)14-6-2-12(3-7-14)13-4-8-15(18)9-5-13/h2-9,21H,10-11H2,1H3,(H,19,20). The van der Waals surface area contributed by atoms with Gasteiger partial charge in [-0.1, -0.05) is 52.3 Å². The summed E-state index contributed by atoms with van der Waals surface area (Å²) in [5.74, 6) is -0.901. The molecule has 0 heterocycles. The monoisotopic (exact) mass is 348 g/mol. The minimum atomic E-state index is -1.13. The Morgan fingerprint density at radius 3 is 2.00 bits per heavy atom. The molecule has 21 heavy (non-hydrogen) atoms. The molecule has 2 N–H and O–H groups in total. The fourth-order valence-corrected chi connectivity index (χ4v) is 2.42. The quantitative estimate of drug-likeness (QED) is 0.851. The zero-order valence-corrected chi connectivity index (χ0v) is 13.3. The first-order valence-electron chi connectivity index (χ1n) is 6.69. The summed E-state index contributed by atoms with van der Waals surface area (Å²) in [6.45, 7) is 1.64. The Bertz CT molecular complexity index is 615. The normalized spacial score (nSPS) is 13.7. The van der Waals surface area contributed by atoms with Crippen LogP contribution in [0.5, 0.6) is 0 Å². The molecule has 1 atom stereocenters. The predicted molar refractivity (Wildman–Crippen MR) is 86.0 cm³/mol. The topological polar surface area (TPSA) is 57.5 Å². The van der Waals surface area contributed by atoms with Crippen molar-refractivity contribution in [2.75, 3.05) is 0 Å². The first kappa shape index (κ1) is 15.7. The Hall–Kier alpha value is -1.65. The van der Waals surface area contributed by atoms with Crippen LogP contribution in [0.3, 0.4) is 0 Å². The van der Waals surface area contributed by atoms with E-state index in [0.717, 1.165) is 21.2 Å². The van der Waals surface area contributed by atoms with Crippen LogP contribution in [0, 0.1) is 0 Å². The van der Waals surface area contributed by atoms with Gasteiger partial charge in [-0.3, -0.25) is 4.79 Å². The summed E-state index contributed by atoms with van der Waals surface area (Å²) in [6, 6.07) is 15.6. The molecule has 0 radical (unpaired) electrons. The molecule has 4 heteroatoms. The molecule has 0 aromatic heterocycles. The molecule has 0 amide bonds. The minimum Gasteiger partial charge on any atom is -0.481 e. The zero-order valence-electron chi connectivity index (χ0n) is 11.7. The van der Waals surface area contributed by atoms with Crippen molar-refractivity contribution < 1.29 is 15.0 Å². The number of rotatable bonds is 5. The summed E-state index contributed by atoms with van der Waals surface area (Å²) < 4.78 is 1.03. The SMILES string of the molecule is CC(O)(CCC(=O)O)c1ccc(-c2ccc(Br)cc2)cc1. The molecular weight excluding hydrogens is 332 g/mol. The molecule has 0 aliphatic rings. The fourth-order valence-electron chi connectivity index (χ4n) is 2.16. The second kappa shape index (κ2) is 6.41. The van der Waals surface area contributed by atoms with Crippen molar-refractivity contribution in [2.24, 2.45) is 0 Å². The molecule has 2 rings (SSSR count). The van der Waals surface area contributed by atoms with Crippen molar-refractivity contribution in [3.8, 4) is 11.1 Å². The maximum atomic E-state index is 10.6. The van der Waals surface area contributed by atoms with Crippen LogP contribution >= 0.6 is 15.9 Å². The Morgan fingerprint density at radius 2 is 1.52 bits per heavy atom. The van der Waals surface area contributed by atoms with Gasteiger partial charge >= 0.3 is 5.97 Å². The molecule has 3 nitrogen and oxygen atoms in total. The van der Waals surface area contributed by atoms with Gasteiger partial charge in [0.05, 0.1) is 5.60 Å². The van der Waals surface area contributed by atoms with Crippen LogP contribution < -0.4 is 0 Å². The molecule has 0 spiro atoms. The molecule has 110 valence electrons. The van der Waals surface area contributed by atoms with Crippen LogP contribution in [-0.4, -0.2) is 16.2 Å². The van der Waals surface area contributed by atoms with Gasteiger partial charge in [-0.2, -0.15) is 0 Å². The summed E-state index contributed by atoms with van der Waals surface area (Å²) in [6.07, 6.45) is 0.140. The van der Waals surface area contributed by atoms with Crippen LogP contribution in [0.4, 0.5) is 0 Å². The third-order valence-corrected chi connectivity index (χ3v) is 4.04. The van der Waals surface area contributed by atoms with Gasteiger partial charge in [0, 0.05) is 10.9 Å². The molecular formula is C17H17BrO3. The van der Waals surface area contributed by atoms with Gasteiger partial charge in [0.1, 0.15) is 0 Å². The van der Waals surface area contributed by atoms with Gasteiger partial charge < -0.3 is 10.2 Å². The van der Waals surface area contributed by atoms with Gasteiger partial charge in [-0.15, -0.1) is 0 Å². The highest BCUT2D eigenvalue weighted by atomic mass is 79.9. The first-order chi connectivity index (χ1) is 9.88. The van der Waals surface area contributed by atoms with Gasteiger partial charge in [0.25, 0.3) is 0 Å². The second-order valence-electron chi connectivity index (χ2n) is 5.25. The molecule has 1 unspecified atom stereocenters. The number of halogens is 1. The number of carboxylic acid groups (broad SMARTS) is 1. The fraction of sp³-hybridized carbons (Fsp3) is 0.235. The first-order valence-corrected chi connectivity index (χ1v) is 7.48. The van der Waals surface area contributed by atoms with Gasteiger partial charge in [0.15, 0.2) is 0 Å². The molecule has 0 fully saturated rings. The summed E-state index contributed by atoms with van der Waals surface area (Å²) >= 11 is 3.40. The lowest BCUT2D eigenvalue weighted by Crippen LogP contribution is -2.22. The van der Waals surface area contributed by atoms with E-state index < -0.39 is 11.6 Å². The van der Waals surface area contributed by atoms with E-state index in [1.54, 1.807) is 6.92 Å². The maximum Gasteiger partial charge on any atom is 0.303 e. The molecule has 0 saturated heterocycles. The number of benzene rings is 2. The summed E-state index contributed by atoms with van der Waals surface area (Å²) in [5, 5.41) is 19.1. The van der Waals surface area contributed by atoms with E-state index in [0.29, 0.717) is 0 Å². The number of hydrogen-bond donors (Lipinski definition) is 2. The van der Waals surface area contributed by atoms with E-state index in [1.165, 1.54) is 0 Å². The van der Waals surface area contributed by atoms with Crippen LogP contribution in [0.25, 0.3) is 11.1 Å². The lowest BCUT2D eigenvalue weighted by atomic mass is 9.90. The van der Waals surface area contributed by atoms with Gasteiger partial charge in [-0.25, -0.2) is 0 Å². The number of hydrogen-bond acceptors (Lipinski definition) is 2. The van der Waals surface area contributed by atoms with Crippen LogP contribution in [-0.2, 0) is 10.4 Å². The highest BCUT2D eigenvalue weighted by Gasteiger charge is 2.23. The lowest BCUT2D eigenvalue weighted by Gasteiger charge is -2.23. The van der Waals surface area contributed by atoms with E-state index >= 15 is 0 Å². The van der Waals surface area contributed by atoms with Crippen LogP contribution in [0.1, 0.15) is 25.3 Å². The molecule has 2 aromatic carbocycles. The van der Waals surface area contributed by atoms with Crippen molar-refractivity contribution >= 4 is 21.9 Å². The molecule has 0 aliphatic heterocycles. The van der Waals surface area contributed by atoms with Crippen LogP contribution in [0.15, 0.2) is 53.0 Å². The molecule has 0 bridgehead atoms. The Morgan fingerprint density at radius 1 is 1.05 bits per heavy atom. The van der Waals surface area contributed by atoms with Crippen molar-refractivity contribution in [3.05, 3.63) is 58.6 Å². The van der Waals surface area contributed by atoms with Crippen molar-refractivity contribution in [2.45, 2.75) is 25.4 Å². The van der Waals surface area contributed by atoms with E-state index in [9.17, 15) is 9.90 Å². The summed E-state index contributed by atoms with van der Waals surface area (Å²) in [4.78, 5) is 10.6. The summed E-state index contributed by atoms with van der Waals surface area (Å²) in [5.41, 5.74) is 1.75. The van der Waals surface area contributed by atoms with Crippen LogP contribution in [0.2, 0.25) is 0 Å². The van der Waals surface area contributed by atoms with Crippen molar-refractivity contribution in [3.63, 3.8) is 0 Å². The highest BCUT2D eigenvalue weighted by Crippen LogP contribution is 2.29. The minimum absolute atomic E-state index is 0.0541. The van der Waals surface area contributed by atoms with Crippen molar-refractivity contribution in [1.29, 1.82) is 0 Å².